The third-order valence-corrected chi connectivity index (χ3v) is 16.6. The first kappa shape index (κ1) is 36.8. The van der Waals surface area contributed by atoms with Crippen LogP contribution in [0.1, 0.15) is 5.56 Å². The van der Waals surface area contributed by atoms with Crippen LogP contribution in [0.3, 0.4) is 0 Å². The quantitative estimate of drug-likeness (QED) is 0.0966. The minimum atomic E-state index is -3.00. The first-order valence-corrected chi connectivity index (χ1v) is 22.7. The van der Waals surface area contributed by atoms with Gasteiger partial charge >= 0.3 is 0 Å². The first-order valence-electron chi connectivity index (χ1n) is 20.7. The van der Waals surface area contributed by atoms with Crippen molar-refractivity contribution in [1.82, 2.24) is 9.13 Å². The lowest BCUT2D eigenvalue weighted by atomic mass is 10.0. The van der Waals surface area contributed by atoms with Crippen molar-refractivity contribution in [2.75, 3.05) is 0 Å². The average molecular weight is 785 g/mol. The van der Waals surface area contributed by atoms with Gasteiger partial charge in [-0.15, -0.1) is 0 Å². The molecule has 0 aliphatic carbocycles. The van der Waals surface area contributed by atoms with Gasteiger partial charge in [0.05, 0.1) is 22.8 Å². The van der Waals surface area contributed by atoms with Gasteiger partial charge in [-0.3, -0.25) is 0 Å². The van der Waals surface area contributed by atoms with Crippen molar-refractivity contribution in [3.63, 3.8) is 0 Å². The van der Waals surface area contributed by atoms with E-state index in [1.165, 1.54) is 48.8 Å². The van der Waals surface area contributed by atoms with Crippen LogP contribution < -0.4 is 20.7 Å². The Balaban J connectivity index is 1.31. The van der Waals surface area contributed by atoms with Crippen LogP contribution in [0, 0.1) is 6.92 Å². The molecule has 0 aliphatic heterocycles. The maximum atomic E-state index is 2.53. The zero-order valence-electron chi connectivity index (χ0n) is 33.6. The molecule has 0 N–H and O–H groups in total. The van der Waals surface area contributed by atoms with Gasteiger partial charge < -0.3 is 9.13 Å². The highest BCUT2D eigenvalue weighted by molar-refractivity contribution is 7.20. The van der Waals surface area contributed by atoms with Gasteiger partial charge in [0.1, 0.15) is 0 Å². The fourth-order valence-electron chi connectivity index (χ4n) is 9.25. The number of aromatic nitrogens is 2. The summed E-state index contributed by atoms with van der Waals surface area (Å²) in [4.78, 5) is 0. The molecule has 0 bridgehead atoms. The van der Waals surface area contributed by atoms with Crippen LogP contribution in [-0.2, 0) is 0 Å². The zero-order valence-corrected chi connectivity index (χ0v) is 34.6. The number of para-hydroxylation sites is 2. The maximum absolute atomic E-state index is 3.00. The second-order valence-electron chi connectivity index (χ2n) is 15.4. The van der Waals surface area contributed by atoms with Gasteiger partial charge in [-0.05, 0) is 98.0 Å². The maximum Gasteiger partial charge on any atom is 0.181 e. The monoisotopic (exact) mass is 784 g/mol. The van der Waals surface area contributed by atoms with E-state index in [9.17, 15) is 0 Å². The second-order valence-corrected chi connectivity index (χ2v) is 19.1. The molecule has 3 heteroatoms. The molecule has 60 heavy (non-hydrogen) atoms. The molecule has 10 aromatic rings. The number of nitrogens with zero attached hydrogens (tertiary/aromatic N) is 2. The summed E-state index contributed by atoms with van der Waals surface area (Å²) in [5.74, 6) is 0. The molecule has 2 nitrogen and oxygen atoms in total. The lowest BCUT2D eigenvalue weighted by molar-refractivity contribution is 1.09. The molecule has 2 aromatic heterocycles. The van der Waals surface area contributed by atoms with Crippen LogP contribution in [0.15, 0.2) is 249 Å². The van der Waals surface area contributed by atoms with Gasteiger partial charge in [-0.25, -0.2) is 0 Å². The lowest BCUT2D eigenvalue weighted by Gasteiger charge is -2.35. The van der Waals surface area contributed by atoms with E-state index in [0.717, 1.165) is 33.9 Å². The predicted molar refractivity (Wildman–Crippen MR) is 255 cm³/mol. The topological polar surface area (TPSA) is 9.86 Å². The van der Waals surface area contributed by atoms with Gasteiger partial charge in [0, 0.05) is 11.4 Å². The van der Waals surface area contributed by atoms with Crippen molar-refractivity contribution >= 4 is 28.8 Å². The molecule has 0 amide bonds. The summed E-state index contributed by atoms with van der Waals surface area (Å²) in [7, 11) is -3.00. The van der Waals surface area contributed by atoms with Crippen LogP contribution >= 0.6 is 0 Å². The van der Waals surface area contributed by atoms with Crippen LogP contribution in [0.2, 0.25) is 0 Å². The van der Waals surface area contributed by atoms with E-state index in [1.807, 2.05) is 0 Å². The molecule has 8 aromatic carbocycles. The molecule has 10 rings (SSSR count). The van der Waals surface area contributed by atoms with Crippen molar-refractivity contribution in [3.8, 4) is 56.4 Å². The minimum Gasteiger partial charge on any atom is -0.309 e. The van der Waals surface area contributed by atoms with Crippen molar-refractivity contribution < 1.29 is 0 Å². The molecule has 0 unspecified atom stereocenters. The van der Waals surface area contributed by atoms with Crippen molar-refractivity contribution in [2.24, 2.45) is 0 Å². The number of hydrogen-bond acceptors (Lipinski definition) is 0. The Labute approximate surface area is 354 Å². The summed E-state index contributed by atoms with van der Waals surface area (Å²) in [6, 6.07) is 91.3. The Bertz CT molecular complexity index is 2900. The van der Waals surface area contributed by atoms with E-state index >= 15 is 0 Å². The molecule has 0 radical (unpaired) electrons. The molecular formula is C57H44N2Si. The summed E-state index contributed by atoms with van der Waals surface area (Å²) in [5.41, 5.74) is 12.9. The molecule has 0 atom stereocenters. The van der Waals surface area contributed by atoms with Crippen LogP contribution in [0.25, 0.3) is 56.4 Å². The fraction of sp³-hybridized carbons (Fsp3) is 0.0175. The molecule has 2 heterocycles. The van der Waals surface area contributed by atoms with Gasteiger partial charge in [0.2, 0.25) is 0 Å². The lowest BCUT2D eigenvalue weighted by Crippen LogP contribution is -2.75. The molecule has 286 valence electrons. The van der Waals surface area contributed by atoms with Crippen molar-refractivity contribution in [2.45, 2.75) is 6.92 Å². The van der Waals surface area contributed by atoms with Gasteiger partial charge in [-0.1, -0.05) is 206 Å². The van der Waals surface area contributed by atoms with Crippen LogP contribution in [-0.4, -0.2) is 17.2 Å². The summed E-state index contributed by atoms with van der Waals surface area (Å²) in [5, 5.41) is 5.37. The Morgan fingerprint density at radius 2 is 0.633 bits per heavy atom. The summed E-state index contributed by atoms with van der Waals surface area (Å²) in [6.45, 7) is 2.23. The standard InChI is InChI=1S/C57H44N2Si/c1-43-40-53(58(48-30-13-4-14-31-48)56(43)44-24-9-2-10-25-44)46-28-23-29-47(41-46)54-42-55(57(45-26-11-3-12-27-45)59(54)49-32-15-5-16-33-49)60(50-34-17-6-18-35-50,51-36-19-7-20-37-51)52-38-21-8-22-39-52/h2-42H,1H3. The molecule has 0 saturated heterocycles. The minimum absolute atomic E-state index is 1.12. The number of benzene rings is 8. The molecule has 0 aliphatic rings. The fourth-order valence-corrected chi connectivity index (χ4v) is 14.2. The van der Waals surface area contributed by atoms with Crippen molar-refractivity contribution in [3.05, 3.63) is 254 Å². The van der Waals surface area contributed by atoms with E-state index in [2.05, 4.69) is 265 Å². The summed E-state index contributed by atoms with van der Waals surface area (Å²) in [6.07, 6.45) is 0. The second kappa shape index (κ2) is 16.1. The van der Waals surface area contributed by atoms with Gasteiger partial charge in [0.15, 0.2) is 8.07 Å². The van der Waals surface area contributed by atoms with E-state index in [0.29, 0.717) is 0 Å². The zero-order chi connectivity index (χ0) is 40.3. The number of rotatable bonds is 10. The average Bonchev–Trinajstić information content (AvgIpc) is 3.90. The van der Waals surface area contributed by atoms with Crippen molar-refractivity contribution in [1.29, 1.82) is 0 Å². The van der Waals surface area contributed by atoms with Gasteiger partial charge in [-0.2, -0.15) is 0 Å². The SMILES string of the molecule is Cc1cc(-c2cccc(-c3cc([Si](c4ccccc4)(c4ccccc4)c4ccccc4)c(-c4ccccc4)n3-c3ccccc3)c2)n(-c2ccccc2)c1-c1ccccc1. The molecule has 0 spiro atoms. The van der Waals surface area contributed by atoms with E-state index < -0.39 is 8.07 Å². The molecule has 0 saturated carbocycles. The third-order valence-electron chi connectivity index (χ3n) is 11.8. The Morgan fingerprint density at radius 1 is 0.300 bits per heavy atom. The Hall–Kier alpha value is -7.46. The van der Waals surface area contributed by atoms with E-state index in [1.54, 1.807) is 0 Å². The highest BCUT2D eigenvalue weighted by Crippen LogP contribution is 2.39. The largest absolute Gasteiger partial charge is 0.309 e. The van der Waals surface area contributed by atoms with E-state index in [-0.39, 0.29) is 0 Å². The number of hydrogen-bond donors (Lipinski definition) is 0. The molecular weight excluding hydrogens is 741 g/mol. The normalized spacial score (nSPS) is 11.4. The van der Waals surface area contributed by atoms with Crippen LogP contribution in [0.5, 0.6) is 0 Å². The van der Waals surface area contributed by atoms with Crippen LogP contribution in [0.4, 0.5) is 0 Å². The highest BCUT2D eigenvalue weighted by atomic mass is 28.3. The summed E-state index contributed by atoms with van der Waals surface area (Å²) >= 11 is 0. The third kappa shape index (κ3) is 6.46. The highest BCUT2D eigenvalue weighted by Gasteiger charge is 2.45. The Morgan fingerprint density at radius 3 is 1.07 bits per heavy atom. The summed E-state index contributed by atoms with van der Waals surface area (Å²) < 4.78 is 4.95. The Kier molecular flexibility index (Phi) is 9.86. The van der Waals surface area contributed by atoms with E-state index in [4.69, 9.17) is 0 Å². The van der Waals surface area contributed by atoms with Gasteiger partial charge in [0.25, 0.3) is 0 Å². The number of aryl methyl sites for hydroxylation is 1. The predicted octanol–water partition coefficient (Wildman–Crippen LogP) is 11.6. The smallest absolute Gasteiger partial charge is 0.181 e. The first-order chi connectivity index (χ1) is 29.7. The molecule has 0 fully saturated rings.